The molecule has 0 saturated carbocycles. The summed E-state index contributed by atoms with van der Waals surface area (Å²) in [6, 6.07) is 1.50. The van der Waals surface area contributed by atoms with E-state index in [1.54, 1.807) is 18.6 Å². The van der Waals surface area contributed by atoms with E-state index in [0.717, 1.165) is 0 Å². The Balaban J connectivity index is 2.58. The average Bonchev–Trinajstić information content (AvgIpc) is 2.63. The van der Waals surface area contributed by atoms with E-state index in [4.69, 9.17) is 27.9 Å². The Labute approximate surface area is 102 Å². The Bertz CT molecular complexity index is 330. The van der Waals surface area contributed by atoms with Crippen LogP contribution >= 0.6 is 34.5 Å². The number of carbonyl (C=O) groups excluding carboxylic acids is 1. The number of thiophene rings is 1. The molecule has 1 rings (SSSR count). The van der Waals surface area contributed by atoms with Crippen LogP contribution in [0.1, 0.15) is 9.67 Å². The van der Waals surface area contributed by atoms with Crippen molar-refractivity contribution in [3.63, 3.8) is 0 Å². The lowest BCUT2D eigenvalue weighted by molar-refractivity contribution is 0.0911. The van der Waals surface area contributed by atoms with Crippen LogP contribution in [-0.4, -0.2) is 31.5 Å². The minimum atomic E-state index is -0.210. The lowest BCUT2D eigenvalue weighted by Crippen LogP contribution is -2.39. The number of nitrogens with one attached hydrogen (secondary N) is 1. The van der Waals surface area contributed by atoms with Crippen LogP contribution in [0.25, 0.3) is 0 Å². The molecule has 1 atom stereocenters. The summed E-state index contributed by atoms with van der Waals surface area (Å²) in [7, 11) is 1.56. The molecule has 0 fully saturated rings. The van der Waals surface area contributed by atoms with E-state index in [2.05, 4.69) is 5.32 Å². The number of carbonyl (C=O) groups is 1. The SMILES string of the molecule is COCC(CCl)NC(=O)c1sccc1Cl. The Morgan fingerprint density at radius 1 is 1.73 bits per heavy atom. The summed E-state index contributed by atoms with van der Waals surface area (Å²) in [4.78, 5) is 12.2. The Kier molecular flexibility index (Phi) is 5.39. The van der Waals surface area contributed by atoms with Gasteiger partial charge < -0.3 is 10.1 Å². The summed E-state index contributed by atoms with van der Waals surface area (Å²) >= 11 is 12.8. The van der Waals surface area contributed by atoms with Gasteiger partial charge in [0, 0.05) is 13.0 Å². The first kappa shape index (κ1) is 12.8. The van der Waals surface area contributed by atoms with Gasteiger partial charge in [0.1, 0.15) is 4.88 Å². The summed E-state index contributed by atoms with van der Waals surface area (Å²) in [5, 5.41) is 4.97. The molecule has 3 nitrogen and oxygen atoms in total. The van der Waals surface area contributed by atoms with Crippen molar-refractivity contribution in [2.24, 2.45) is 0 Å². The van der Waals surface area contributed by atoms with Crippen molar-refractivity contribution in [2.75, 3.05) is 19.6 Å². The highest BCUT2D eigenvalue weighted by Crippen LogP contribution is 2.21. The van der Waals surface area contributed by atoms with E-state index in [0.29, 0.717) is 22.4 Å². The Morgan fingerprint density at radius 3 is 2.93 bits per heavy atom. The highest BCUT2D eigenvalue weighted by Gasteiger charge is 2.16. The van der Waals surface area contributed by atoms with Crippen molar-refractivity contribution in [1.29, 1.82) is 0 Å². The second-order valence-corrected chi connectivity index (χ2v) is 4.51. The highest BCUT2D eigenvalue weighted by atomic mass is 35.5. The van der Waals surface area contributed by atoms with Gasteiger partial charge in [0.2, 0.25) is 0 Å². The predicted octanol–water partition coefficient (Wildman–Crippen LogP) is 2.39. The van der Waals surface area contributed by atoms with Crippen molar-refractivity contribution < 1.29 is 9.53 Å². The quantitative estimate of drug-likeness (QED) is 0.833. The summed E-state index contributed by atoms with van der Waals surface area (Å²) in [5.41, 5.74) is 0. The van der Waals surface area contributed by atoms with Gasteiger partial charge in [-0.15, -0.1) is 22.9 Å². The fourth-order valence-corrected chi connectivity index (χ4v) is 2.24. The van der Waals surface area contributed by atoms with Gasteiger partial charge in [-0.1, -0.05) is 11.6 Å². The lowest BCUT2D eigenvalue weighted by Gasteiger charge is -2.14. The molecular weight excluding hydrogens is 257 g/mol. The summed E-state index contributed by atoms with van der Waals surface area (Å²) in [6.07, 6.45) is 0. The van der Waals surface area contributed by atoms with E-state index in [1.165, 1.54) is 11.3 Å². The molecule has 0 aromatic carbocycles. The standard InChI is InChI=1S/C9H11Cl2NO2S/c1-14-5-6(4-10)12-9(13)8-7(11)2-3-15-8/h2-3,6H,4-5H2,1H3,(H,12,13). The minimum Gasteiger partial charge on any atom is -0.383 e. The zero-order valence-corrected chi connectivity index (χ0v) is 10.5. The fourth-order valence-electron chi connectivity index (χ4n) is 1.03. The topological polar surface area (TPSA) is 38.3 Å². The minimum absolute atomic E-state index is 0.192. The molecule has 0 spiro atoms. The zero-order chi connectivity index (χ0) is 11.3. The van der Waals surface area contributed by atoms with Gasteiger partial charge in [-0.2, -0.15) is 0 Å². The first-order chi connectivity index (χ1) is 7.19. The molecule has 1 N–H and O–H groups in total. The maximum atomic E-state index is 11.7. The number of amides is 1. The smallest absolute Gasteiger partial charge is 0.263 e. The maximum Gasteiger partial charge on any atom is 0.263 e. The van der Waals surface area contributed by atoms with Gasteiger partial charge in [-0.3, -0.25) is 4.79 Å². The van der Waals surface area contributed by atoms with Crippen molar-refractivity contribution in [2.45, 2.75) is 6.04 Å². The Hall–Kier alpha value is -0.290. The fraction of sp³-hybridized carbons (Fsp3) is 0.444. The summed E-state index contributed by atoms with van der Waals surface area (Å²) in [5.74, 6) is 0.0976. The van der Waals surface area contributed by atoms with E-state index < -0.39 is 0 Å². The van der Waals surface area contributed by atoms with Gasteiger partial charge in [0.15, 0.2) is 0 Å². The average molecular weight is 268 g/mol. The van der Waals surface area contributed by atoms with Crippen molar-refractivity contribution in [1.82, 2.24) is 5.32 Å². The molecule has 0 aliphatic heterocycles. The molecule has 0 aliphatic carbocycles. The number of hydrogen-bond donors (Lipinski definition) is 1. The third-order valence-electron chi connectivity index (χ3n) is 1.71. The molecule has 84 valence electrons. The molecule has 1 unspecified atom stereocenters. The number of rotatable bonds is 5. The maximum absolute atomic E-state index is 11.7. The van der Waals surface area contributed by atoms with Crippen molar-refractivity contribution >= 4 is 40.4 Å². The van der Waals surface area contributed by atoms with E-state index in [1.807, 2.05) is 0 Å². The number of ether oxygens (including phenoxy) is 1. The second-order valence-electron chi connectivity index (χ2n) is 2.88. The van der Waals surface area contributed by atoms with Crippen LogP contribution in [0, 0.1) is 0 Å². The second kappa shape index (κ2) is 6.33. The first-order valence-electron chi connectivity index (χ1n) is 4.27. The van der Waals surface area contributed by atoms with Crippen LogP contribution in [0.3, 0.4) is 0 Å². The van der Waals surface area contributed by atoms with Crippen LogP contribution < -0.4 is 5.32 Å². The molecule has 0 radical (unpaired) electrons. The molecule has 1 heterocycles. The van der Waals surface area contributed by atoms with Gasteiger partial charge in [0.05, 0.1) is 17.7 Å². The number of methoxy groups -OCH3 is 1. The molecule has 0 bridgehead atoms. The number of alkyl halides is 1. The third-order valence-corrected chi connectivity index (χ3v) is 3.43. The molecule has 0 aliphatic rings. The zero-order valence-electron chi connectivity index (χ0n) is 8.13. The van der Waals surface area contributed by atoms with Crippen molar-refractivity contribution in [3.05, 3.63) is 21.3 Å². The predicted molar refractivity (Wildman–Crippen MR) is 63.2 cm³/mol. The first-order valence-corrected chi connectivity index (χ1v) is 6.07. The van der Waals surface area contributed by atoms with E-state index in [9.17, 15) is 4.79 Å². The molecule has 1 amide bonds. The van der Waals surface area contributed by atoms with Gasteiger partial charge in [-0.05, 0) is 11.4 Å². The molecule has 1 aromatic heterocycles. The van der Waals surface area contributed by atoms with Gasteiger partial charge >= 0.3 is 0 Å². The van der Waals surface area contributed by atoms with Crippen LogP contribution in [0.4, 0.5) is 0 Å². The lowest BCUT2D eigenvalue weighted by atomic mass is 10.3. The molecule has 1 aromatic rings. The summed E-state index contributed by atoms with van der Waals surface area (Å²) in [6.45, 7) is 0.387. The van der Waals surface area contributed by atoms with Crippen LogP contribution in [0.2, 0.25) is 5.02 Å². The van der Waals surface area contributed by atoms with E-state index in [-0.39, 0.29) is 11.9 Å². The third kappa shape index (κ3) is 3.65. The molecule has 15 heavy (non-hydrogen) atoms. The van der Waals surface area contributed by atoms with Crippen LogP contribution in [-0.2, 0) is 4.74 Å². The van der Waals surface area contributed by atoms with Crippen molar-refractivity contribution in [3.8, 4) is 0 Å². The highest BCUT2D eigenvalue weighted by molar-refractivity contribution is 7.12. The van der Waals surface area contributed by atoms with E-state index >= 15 is 0 Å². The Morgan fingerprint density at radius 2 is 2.47 bits per heavy atom. The van der Waals surface area contributed by atoms with Gasteiger partial charge in [0.25, 0.3) is 5.91 Å². The normalized spacial score (nSPS) is 12.5. The van der Waals surface area contributed by atoms with Crippen LogP contribution in [0.5, 0.6) is 0 Å². The molecule has 6 heteroatoms. The molecular formula is C9H11Cl2NO2S. The molecule has 0 saturated heterocycles. The largest absolute Gasteiger partial charge is 0.383 e. The number of hydrogen-bond acceptors (Lipinski definition) is 3. The number of halogens is 2. The van der Waals surface area contributed by atoms with Crippen LogP contribution in [0.15, 0.2) is 11.4 Å². The summed E-state index contributed by atoms with van der Waals surface area (Å²) < 4.78 is 4.91. The monoisotopic (exact) mass is 267 g/mol. The van der Waals surface area contributed by atoms with Gasteiger partial charge in [-0.25, -0.2) is 0 Å².